The average molecular weight is 323 g/mol. The minimum absolute atomic E-state index is 0.298. The van der Waals surface area contributed by atoms with E-state index in [0.717, 1.165) is 21.7 Å². The van der Waals surface area contributed by atoms with Crippen LogP contribution in [0.25, 0.3) is 11.3 Å². The molecule has 1 amide bonds. The Labute approximate surface area is 137 Å². The summed E-state index contributed by atoms with van der Waals surface area (Å²) in [5.74, 6) is 1.56. The van der Waals surface area contributed by atoms with Crippen molar-refractivity contribution >= 4 is 23.5 Å². The predicted octanol–water partition coefficient (Wildman–Crippen LogP) is 3.90. The van der Waals surface area contributed by atoms with Gasteiger partial charge in [0.1, 0.15) is 5.82 Å². The Balaban J connectivity index is 1.67. The standard InChI is InChI=1S/C17H13N3O2S/c1-10-5-4-8-14(18-10)19-17(21)15-12-9-23-13-7-3-2-6-11(13)16(12)22-20-15/h2-8H,9H2,1H3,(H,18,19,21). The molecule has 1 aromatic carbocycles. The Morgan fingerprint density at radius 3 is 2.96 bits per heavy atom. The van der Waals surface area contributed by atoms with Gasteiger partial charge >= 0.3 is 0 Å². The number of amides is 1. The first-order valence-corrected chi connectivity index (χ1v) is 8.16. The fourth-order valence-electron chi connectivity index (χ4n) is 2.55. The minimum atomic E-state index is -0.298. The molecule has 0 radical (unpaired) electrons. The molecule has 3 aromatic rings. The average Bonchev–Trinajstić information content (AvgIpc) is 2.99. The van der Waals surface area contributed by atoms with Gasteiger partial charge in [0.25, 0.3) is 5.91 Å². The van der Waals surface area contributed by atoms with E-state index < -0.39 is 0 Å². The summed E-state index contributed by atoms with van der Waals surface area (Å²) in [5, 5.41) is 6.76. The first-order valence-electron chi connectivity index (χ1n) is 7.18. The third-order valence-electron chi connectivity index (χ3n) is 3.64. The van der Waals surface area contributed by atoms with Crippen molar-refractivity contribution in [3.63, 3.8) is 0 Å². The maximum atomic E-state index is 12.5. The van der Waals surface area contributed by atoms with Gasteiger partial charge in [-0.1, -0.05) is 23.4 Å². The molecule has 6 heteroatoms. The van der Waals surface area contributed by atoms with Gasteiger partial charge in [0, 0.05) is 27.5 Å². The van der Waals surface area contributed by atoms with Crippen LogP contribution in [0.1, 0.15) is 21.7 Å². The van der Waals surface area contributed by atoms with Crippen LogP contribution in [0, 0.1) is 6.92 Å². The number of benzene rings is 1. The molecule has 0 aliphatic carbocycles. The summed E-state index contributed by atoms with van der Waals surface area (Å²) in [6.45, 7) is 1.88. The SMILES string of the molecule is Cc1cccc(NC(=O)c2noc3c2CSc2ccccc2-3)n1. The highest BCUT2D eigenvalue weighted by Crippen LogP contribution is 2.42. The van der Waals surface area contributed by atoms with Crippen LogP contribution in [0.2, 0.25) is 0 Å². The van der Waals surface area contributed by atoms with Gasteiger partial charge in [-0.25, -0.2) is 4.98 Å². The third-order valence-corrected chi connectivity index (χ3v) is 4.74. The van der Waals surface area contributed by atoms with Gasteiger partial charge in [-0.15, -0.1) is 11.8 Å². The number of hydrogen-bond acceptors (Lipinski definition) is 5. The van der Waals surface area contributed by atoms with Crippen molar-refractivity contribution < 1.29 is 9.32 Å². The highest BCUT2D eigenvalue weighted by Gasteiger charge is 2.28. The summed E-state index contributed by atoms with van der Waals surface area (Å²) in [6.07, 6.45) is 0. The van der Waals surface area contributed by atoms with Crippen LogP contribution in [0.3, 0.4) is 0 Å². The number of nitrogens with one attached hydrogen (secondary N) is 1. The lowest BCUT2D eigenvalue weighted by Crippen LogP contribution is -2.15. The molecule has 3 heterocycles. The molecule has 0 saturated heterocycles. The molecule has 2 aromatic heterocycles. The molecule has 0 fully saturated rings. The number of aryl methyl sites for hydroxylation is 1. The number of rotatable bonds is 2. The van der Waals surface area contributed by atoms with Crippen molar-refractivity contribution in [3.8, 4) is 11.3 Å². The predicted molar refractivity (Wildman–Crippen MR) is 88.4 cm³/mol. The summed E-state index contributed by atoms with van der Waals surface area (Å²) >= 11 is 1.68. The summed E-state index contributed by atoms with van der Waals surface area (Å²) < 4.78 is 5.45. The number of carbonyl (C=O) groups is 1. The van der Waals surface area contributed by atoms with E-state index in [2.05, 4.69) is 15.5 Å². The second-order valence-corrected chi connectivity index (χ2v) is 6.26. The maximum absolute atomic E-state index is 12.5. The van der Waals surface area contributed by atoms with Gasteiger partial charge in [-0.2, -0.15) is 0 Å². The van der Waals surface area contributed by atoms with Gasteiger partial charge in [0.05, 0.1) is 0 Å². The van der Waals surface area contributed by atoms with Gasteiger partial charge in [-0.05, 0) is 31.2 Å². The van der Waals surface area contributed by atoms with Crippen LogP contribution in [0.5, 0.6) is 0 Å². The lowest BCUT2D eigenvalue weighted by Gasteiger charge is -2.13. The molecule has 1 N–H and O–H groups in total. The molecule has 0 saturated carbocycles. The number of fused-ring (bicyclic) bond motifs is 3. The van der Waals surface area contributed by atoms with E-state index in [1.165, 1.54) is 0 Å². The lowest BCUT2D eigenvalue weighted by molar-refractivity contribution is 0.101. The molecule has 0 spiro atoms. The Morgan fingerprint density at radius 1 is 1.22 bits per heavy atom. The number of aromatic nitrogens is 2. The van der Waals surface area contributed by atoms with Crippen molar-refractivity contribution in [2.24, 2.45) is 0 Å². The van der Waals surface area contributed by atoms with Gasteiger partial charge in [-0.3, -0.25) is 4.79 Å². The smallest absolute Gasteiger partial charge is 0.279 e. The molecular weight excluding hydrogens is 310 g/mol. The zero-order valence-electron chi connectivity index (χ0n) is 12.4. The monoisotopic (exact) mass is 323 g/mol. The van der Waals surface area contributed by atoms with Crippen LogP contribution in [0.15, 0.2) is 51.9 Å². The van der Waals surface area contributed by atoms with Crippen LogP contribution in [0.4, 0.5) is 5.82 Å². The fraction of sp³-hybridized carbons (Fsp3) is 0.118. The number of anilines is 1. The number of pyridine rings is 1. The lowest BCUT2D eigenvalue weighted by atomic mass is 10.1. The highest BCUT2D eigenvalue weighted by molar-refractivity contribution is 7.98. The van der Waals surface area contributed by atoms with Crippen molar-refractivity contribution in [2.75, 3.05) is 5.32 Å². The zero-order valence-corrected chi connectivity index (χ0v) is 13.2. The molecular formula is C17H13N3O2S. The number of nitrogens with zero attached hydrogens (tertiary/aromatic N) is 2. The van der Waals surface area contributed by atoms with Crippen molar-refractivity contribution in [2.45, 2.75) is 17.6 Å². The van der Waals surface area contributed by atoms with Gasteiger partial charge < -0.3 is 9.84 Å². The fourth-order valence-corrected chi connectivity index (χ4v) is 3.61. The van der Waals surface area contributed by atoms with Crippen molar-refractivity contribution in [1.82, 2.24) is 10.1 Å². The summed E-state index contributed by atoms with van der Waals surface area (Å²) in [7, 11) is 0. The van der Waals surface area contributed by atoms with Crippen molar-refractivity contribution in [3.05, 3.63) is 59.4 Å². The Kier molecular flexibility index (Phi) is 3.38. The molecule has 5 nitrogen and oxygen atoms in total. The van der Waals surface area contributed by atoms with E-state index in [-0.39, 0.29) is 5.91 Å². The van der Waals surface area contributed by atoms with E-state index in [0.29, 0.717) is 23.0 Å². The number of carbonyl (C=O) groups excluding carboxylic acids is 1. The van der Waals surface area contributed by atoms with Crippen molar-refractivity contribution in [1.29, 1.82) is 0 Å². The third kappa shape index (κ3) is 2.51. The van der Waals surface area contributed by atoms with Crippen LogP contribution < -0.4 is 5.32 Å². The van der Waals surface area contributed by atoms with Crippen LogP contribution in [-0.4, -0.2) is 16.0 Å². The molecule has 1 aliphatic rings. The van der Waals surface area contributed by atoms with E-state index in [1.54, 1.807) is 17.8 Å². The molecule has 0 bridgehead atoms. The molecule has 1 aliphatic heterocycles. The Hall–Kier alpha value is -2.60. The maximum Gasteiger partial charge on any atom is 0.279 e. The zero-order chi connectivity index (χ0) is 15.8. The summed E-state index contributed by atoms with van der Waals surface area (Å²) in [5.41, 5.74) is 2.98. The Bertz CT molecular complexity index is 904. The van der Waals surface area contributed by atoms with E-state index >= 15 is 0 Å². The Morgan fingerprint density at radius 2 is 2.09 bits per heavy atom. The largest absolute Gasteiger partial charge is 0.355 e. The number of thioether (sulfide) groups is 1. The van der Waals surface area contributed by atoms with Gasteiger partial charge in [0.2, 0.25) is 0 Å². The first kappa shape index (κ1) is 14.0. The quantitative estimate of drug-likeness (QED) is 0.774. The normalized spacial score (nSPS) is 12.4. The van der Waals surface area contributed by atoms with Gasteiger partial charge in [0.15, 0.2) is 11.5 Å². The minimum Gasteiger partial charge on any atom is -0.355 e. The van der Waals surface area contributed by atoms with Crippen LogP contribution >= 0.6 is 11.8 Å². The topological polar surface area (TPSA) is 68.0 Å². The van der Waals surface area contributed by atoms with E-state index in [1.807, 2.05) is 43.3 Å². The molecule has 0 unspecified atom stereocenters. The number of hydrogen-bond donors (Lipinski definition) is 1. The molecule has 0 atom stereocenters. The van der Waals surface area contributed by atoms with E-state index in [4.69, 9.17) is 4.52 Å². The first-order chi connectivity index (χ1) is 11.2. The van der Waals surface area contributed by atoms with E-state index in [9.17, 15) is 4.79 Å². The molecule has 4 rings (SSSR count). The van der Waals surface area contributed by atoms with Crippen LogP contribution in [-0.2, 0) is 5.75 Å². The second kappa shape index (κ2) is 5.55. The highest BCUT2D eigenvalue weighted by atomic mass is 32.2. The molecule has 114 valence electrons. The summed E-state index contributed by atoms with van der Waals surface area (Å²) in [6, 6.07) is 13.4. The molecule has 23 heavy (non-hydrogen) atoms. The summed E-state index contributed by atoms with van der Waals surface area (Å²) in [4.78, 5) is 17.9. The second-order valence-electron chi connectivity index (χ2n) is 5.24.